The number of anilines is 1. The lowest BCUT2D eigenvalue weighted by Gasteiger charge is -2.56. The van der Waals surface area contributed by atoms with Crippen molar-refractivity contribution in [3.8, 4) is 34.6 Å². The van der Waals surface area contributed by atoms with Crippen LogP contribution in [0.1, 0.15) is 27.9 Å². The molecule has 0 saturated carbocycles. The number of carbonyl (C=O) groups is 1. The van der Waals surface area contributed by atoms with Crippen molar-refractivity contribution in [2.75, 3.05) is 25.0 Å². The number of hydrogen-bond acceptors (Lipinski definition) is 6. The Hall–Kier alpha value is -5.30. The lowest BCUT2D eigenvalue weighted by atomic mass is 9.86. The maximum absolute atomic E-state index is 13.9. The number of halogens is 1. The Morgan fingerprint density at radius 2 is 1.88 bits per heavy atom. The van der Waals surface area contributed by atoms with Crippen molar-refractivity contribution in [2.24, 2.45) is 12.0 Å². The van der Waals surface area contributed by atoms with Gasteiger partial charge in [0.15, 0.2) is 0 Å². The molecule has 8 rings (SSSR count). The Morgan fingerprint density at radius 1 is 1.05 bits per heavy atom. The number of aryl methyl sites for hydroxylation is 1. The second kappa shape index (κ2) is 9.96. The summed E-state index contributed by atoms with van der Waals surface area (Å²) in [6.07, 6.45) is 17.7. The van der Waals surface area contributed by atoms with Gasteiger partial charge in [-0.2, -0.15) is 10.2 Å². The number of fused-ring (bicyclic) bond motifs is 3. The van der Waals surface area contributed by atoms with Crippen molar-refractivity contribution in [1.82, 2.24) is 29.3 Å². The van der Waals surface area contributed by atoms with Gasteiger partial charge in [-0.1, -0.05) is 5.92 Å². The highest BCUT2D eigenvalue weighted by atomic mass is 19.1. The number of amides is 1. The quantitative estimate of drug-likeness (QED) is 0.240. The van der Waals surface area contributed by atoms with Gasteiger partial charge in [-0.15, -0.1) is 6.42 Å². The van der Waals surface area contributed by atoms with Crippen LogP contribution < -0.4 is 4.90 Å². The third-order valence-electron chi connectivity index (χ3n) is 8.13. The molecule has 5 aromatic rings. The number of pyridine rings is 2. The highest BCUT2D eigenvalue weighted by Crippen LogP contribution is 2.37. The van der Waals surface area contributed by atoms with Crippen LogP contribution >= 0.6 is 0 Å². The molecule has 0 spiro atoms. The summed E-state index contributed by atoms with van der Waals surface area (Å²) in [5.41, 5.74) is 6.33. The van der Waals surface area contributed by atoms with Crippen LogP contribution in [0.25, 0.3) is 27.8 Å². The van der Waals surface area contributed by atoms with Gasteiger partial charge < -0.3 is 9.80 Å². The third kappa shape index (κ3) is 4.21. The van der Waals surface area contributed by atoms with Crippen LogP contribution in [0.3, 0.4) is 0 Å². The third-order valence-corrected chi connectivity index (χ3v) is 8.13. The largest absolute Gasteiger partial charge is 0.352 e. The molecule has 4 aromatic heterocycles. The number of piperidine rings is 1. The Kier molecular flexibility index (Phi) is 6.08. The van der Waals surface area contributed by atoms with Crippen LogP contribution in [0.2, 0.25) is 0 Å². The molecule has 42 heavy (non-hydrogen) atoms. The SMILES string of the molecule is C#Cc1cc(C(=O)N2C3CC2CN(c2ccc(-c4cc(-c5cnn(C)c5)cn5ncc(C=NC)c45)cn2)C3)ccc1F. The Bertz CT molecular complexity index is 1900. The Morgan fingerprint density at radius 3 is 2.57 bits per heavy atom. The van der Waals surface area contributed by atoms with Crippen molar-refractivity contribution >= 4 is 23.5 Å². The van der Waals surface area contributed by atoms with E-state index in [9.17, 15) is 9.18 Å². The zero-order chi connectivity index (χ0) is 29.0. The van der Waals surface area contributed by atoms with Crippen LogP contribution in [-0.4, -0.2) is 73.6 Å². The molecule has 7 heterocycles. The van der Waals surface area contributed by atoms with Gasteiger partial charge in [0, 0.05) is 85.4 Å². The smallest absolute Gasteiger partial charge is 0.254 e. The molecule has 3 aliphatic rings. The van der Waals surface area contributed by atoms with E-state index in [1.54, 1.807) is 11.7 Å². The number of aromatic nitrogens is 5. The first-order chi connectivity index (χ1) is 20.4. The van der Waals surface area contributed by atoms with E-state index in [2.05, 4.69) is 38.1 Å². The van der Waals surface area contributed by atoms with Crippen LogP contribution in [0.4, 0.5) is 10.2 Å². The first-order valence-electron chi connectivity index (χ1n) is 13.7. The van der Waals surface area contributed by atoms with Crippen LogP contribution in [0.15, 0.2) is 72.4 Å². The van der Waals surface area contributed by atoms with Gasteiger partial charge in [0.2, 0.25) is 0 Å². The molecule has 0 radical (unpaired) electrons. The van der Waals surface area contributed by atoms with Crippen LogP contribution in [0, 0.1) is 18.2 Å². The number of benzene rings is 1. The van der Waals surface area contributed by atoms with Gasteiger partial charge in [-0.05, 0) is 42.8 Å². The van der Waals surface area contributed by atoms with Crippen LogP contribution in [0.5, 0.6) is 0 Å². The van der Waals surface area contributed by atoms with Crippen molar-refractivity contribution < 1.29 is 9.18 Å². The number of hydrogen-bond donors (Lipinski definition) is 0. The molecule has 2 atom stereocenters. The van der Waals surface area contributed by atoms with E-state index in [0.29, 0.717) is 18.7 Å². The molecule has 2 unspecified atom stereocenters. The number of piperazine rings is 1. The molecule has 3 saturated heterocycles. The minimum Gasteiger partial charge on any atom is -0.352 e. The summed E-state index contributed by atoms with van der Waals surface area (Å²) < 4.78 is 17.5. The molecule has 9 nitrogen and oxygen atoms in total. The molecule has 3 fully saturated rings. The predicted molar refractivity (Wildman–Crippen MR) is 159 cm³/mol. The second-order valence-electron chi connectivity index (χ2n) is 10.7. The molecule has 2 bridgehead atoms. The molecule has 208 valence electrons. The van der Waals surface area contributed by atoms with E-state index >= 15 is 0 Å². The summed E-state index contributed by atoms with van der Waals surface area (Å²) in [4.78, 5) is 26.4. The summed E-state index contributed by atoms with van der Waals surface area (Å²) in [5, 5.41) is 8.91. The number of rotatable bonds is 5. The van der Waals surface area contributed by atoms with Crippen molar-refractivity contribution in [3.63, 3.8) is 0 Å². The lowest BCUT2D eigenvalue weighted by Crippen LogP contribution is -2.70. The number of terminal acetylenes is 1. The molecule has 0 N–H and O–H groups in total. The average Bonchev–Trinajstić information content (AvgIpc) is 3.63. The average molecular weight is 559 g/mol. The van der Waals surface area contributed by atoms with E-state index in [-0.39, 0.29) is 23.6 Å². The van der Waals surface area contributed by atoms with Gasteiger partial charge in [0.25, 0.3) is 5.91 Å². The van der Waals surface area contributed by atoms with Gasteiger partial charge in [-0.25, -0.2) is 13.9 Å². The summed E-state index contributed by atoms with van der Waals surface area (Å²) >= 11 is 0. The minimum absolute atomic E-state index is 0.0653. The standard InChI is InChI=1S/C32H27FN8O/c1-4-20-9-21(5-7-29(20)33)32(42)41-26-11-27(41)19-39(18-26)30-8-6-22(13-35-30)28-10-23(25-15-36-38(3)16-25)17-40-31(28)24(12-34-2)14-37-40/h1,5-10,12-17,26-27H,11,18-19H2,2-3H3. The van der Waals surface area contributed by atoms with Gasteiger partial charge >= 0.3 is 0 Å². The molecular weight excluding hydrogens is 531 g/mol. The van der Waals surface area contributed by atoms with Gasteiger partial charge in [0.1, 0.15) is 11.6 Å². The fraction of sp³-hybridized carbons (Fsp3) is 0.219. The van der Waals surface area contributed by atoms with Gasteiger partial charge in [-0.3, -0.25) is 14.5 Å². The first-order valence-corrected chi connectivity index (χ1v) is 13.7. The maximum atomic E-state index is 13.9. The lowest BCUT2D eigenvalue weighted by molar-refractivity contribution is 0.00576. The van der Waals surface area contributed by atoms with E-state index in [0.717, 1.165) is 45.6 Å². The van der Waals surface area contributed by atoms with E-state index < -0.39 is 5.82 Å². The molecule has 1 amide bonds. The topological polar surface area (TPSA) is 83.9 Å². The summed E-state index contributed by atoms with van der Waals surface area (Å²) in [5.74, 6) is 2.57. The van der Waals surface area contributed by atoms with E-state index in [1.807, 2.05) is 59.7 Å². The predicted octanol–water partition coefficient (Wildman–Crippen LogP) is 4.07. The highest BCUT2D eigenvalue weighted by molar-refractivity contribution is 5.98. The summed E-state index contributed by atoms with van der Waals surface area (Å²) in [6.45, 7) is 1.36. The maximum Gasteiger partial charge on any atom is 0.254 e. The summed E-state index contributed by atoms with van der Waals surface area (Å²) in [6, 6.07) is 10.6. The normalized spacial score (nSPS) is 18.0. The number of carbonyl (C=O) groups excluding carboxylic acids is 1. The Balaban J connectivity index is 1.15. The van der Waals surface area contributed by atoms with Crippen molar-refractivity contribution in [2.45, 2.75) is 18.5 Å². The van der Waals surface area contributed by atoms with E-state index in [4.69, 9.17) is 11.4 Å². The highest BCUT2D eigenvalue weighted by Gasteiger charge is 2.47. The molecular formula is C32H27FN8O. The molecule has 0 aliphatic carbocycles. The van der Waals surface area contributed by atoms with Gasteiger partial charge in [0.05, 0.1) is 35.6 Å². The zero-order valence-corrected chi connectivity index (χ0v) is 23.1. The molecule has 1 aromatic carbocycles. The fourth-order valence-corrected chi connectivity index (χ4v) is 6.11. The first kappa shape index (κ1) is 25.7. The van der Waals surface area contributed by atoms with E-state index in [1.165, 1.54) is 18.2 Å². The van der Waals surface area contributed by atoms with Crippen LogP contribution in [-0.2, 0) is 7.05 Å². The zero-order valence-electron chi connectivity index (χ0n) is 23.1. The van der Waals surface area contributed by atoms with Crippen molar-refractivity contribution in [1.29, 1.82) is 0 Å². The number of aliphatic imine (C=N–C) groups is 1. The monoisotopic (exact) mass is 558 g/mol. The molecule has 3 aliphatic heterocycles. The summed E-state index contributed by atoms with van der Waals surface area (Å²) in [7, 11) is 3.64. The molecule has 10 heteroatoms. The number of nitrogens with zero attached hydrogens (tertiary/aromatic N) is 8. The fourth-order valence-electron chi connectivity index (χ4n) is 6.11. The van der Waals surface area contributed by atoms with Crippen molar-refractivity contribution in [3.05, 3.63) is 89.9 Å². The minimum atomic E-state index is -0.494. The Labute approximate surface area is 241 Å². The second-order valence-corrected chi connectivity index (χ2v) is 10.7.